The first kappa shape index (κ1) is 20.4. The molecule has 152 valence electrons. The summed E-state index contributed by atoms with van der Waals surface area (Å²) in [6, 6.07) is 25.0. The molecular weight excluding hydrogens is 392 g/mol. The van der Waals surface area contributed by atoms with E-state index >= 15 is 0 Å². The summed E-state index contributed by atoms with van der Waals surface area (Å²) in [5.41, 5.74) is 3.20. The molecule has 0 spiro atoms. The van der Waals surface area contributed by atoms with E-state index in [0.29, 0.717) is 17.4 Å². The van der Waals surface area contributed by atoms with Crippen molar-refractivity contribution in [2.24, 2.45) is 5.92 Å². The highest BCUT2D eigenvalue weighted by molar-refractivity contribution is 6.30. The second-order valence-electron chi connectivity index (χ2n) is 7.86. The molecule has 5 heteroatoms. The number of likely N-dealkylation sites (N-methyl/N-ethyl adjacent to an activating group) is 1. The van der Waals surface area contributed by atoms with E-state index < -0.39 is 0 Å². The smallest absolute Gasteiger partial charge is 0.128 e. The highest BCUT2D eigenvalue weighted by Gasteiger charge is 2.37. The fourth-order valence-corrected chi connectivity index (χ4v) is 4.57. The van der Waals surface area contributed by atoms with Crippen molar-refractivity contribution in [1.29, 1.82) is 5.26 Å². The Kier molecular flexibility index (Phi) is 6.32. The normalized spacial score (nSPS) is 19.2. The molecule has 0 radical (unpaired) electrons. The van der Waals surface area contributed by atoms with Crippen LogP contribution in [0.3, 0.4) is 0 Å². The minimum absolute atomic E-state index is 0.253. The van der Waals surface area contributed by atoms with Crippen LogP contribution in [0, 0.1) is 17.2 Å². The molecule has 0 amide bonds. The lowest BCUT2D eigenvalue weighted by Gasteiger charge is -2.36. The van der Waals surface area contributed by atoms with Gasteiger partial charge in [-0.15, -0.1) is 0 Å². The number of benzene rings is 2. The van der Waals surface area contributed by atoms with Crippen LogP contribution in [0.5, 0.6) is 0 Å². The zero-order valence-corrected chi connectivity index (χ0v) is 17.8. The molecule has 4 nitrogen and oxygen atoms in total. The Morgan fingerprint density at radius 3 is 2.53 bits per heavy atom. The number of pyridine rings is 1. The number of rotatable bonds is 6. The molecular formula is C25H25ClN4. The number of anilines is 1. The molecule has 0 saturated carbocycles. The third-order valence-corrected chi connectivity index (χ3v) is 6.33. The van der Waals surface area contributed by atoms with Crippen molar-refractivity contribution in [3.8, 4) is 6.07 Å². The first-order valence-corrected chi connectivity index (χ1v) is 10.6. The molecule has 0 bridgehead atoms. The maximum Gasteiger partial charge on any atom is 0.128 e. The van der Waals surface area contributed by atoms with Gasteiger partial charge in [0.05, 0.1) is 5.56 Å². The van der Waals surface area contributed by atoms with Gasteiger partial charge in [-0.3, -0.25) is 0 Å². The Hall–Kier alpha value is -2.87. The van der Waals surface area contributed by atoms with Gasteiger partial charge in [0.25, 0.3) is 0 Å². The molecule has 4 rings (SSSR count). The lowest BCUT2D eigenvalue weighted by atomic mass is 9.81. The van der Waals surface area contributed by atoms with Gasteiger partial charge in [0, 0.05) is 49.2 Å². The molecule has 1 aliphatic rings. The first-order chi connectivity index (χ1) is 14.7. The van der Waals surface area contributed by atoms with E-state index in [1.807, 2.05) is 24.3 Å². The number of nitrogens with one attached hydrogen (secondary N) is 1. The summed E-state index contributed by atoms with van der Waals surface area (Å²) in [5.74, 6) is 1.70. The molecule has 0 aliphatic carbocycles. The third kappa shape index (κ3) is 4.48. The van der Waals surface area contributed by atoms with E-state index in [0.717, 1.165) is 30.4 Å². The van der Waals surface area contributed by atoms with Crippen LogP contribution in [0.1, 0.15) is 22.6 Å². The summed E-state index contributed by atoms with van der Waals surface area (Å²) in [5, 5.41) is 13.5. The van der Waals surface area contributed by atoms with E-state index in [1.54, 1.807) is 6.20 Å². The lowest BCUT2D eigenvalue weighted by Crippen LogP contribution is -2.43. The number of hydrogen-bond donors (Lipinski definition) is 1. The van der Waals surface area contributed by atoms with Gasteiger partial charge in [0.15, 0.2) is 0 Å². The average Bonchev–Trinajstić information content (AvgIpc) is 3.28. The fraction of sp³-hybridized carbons (Fsp3) is 0.280. The van der Waals surface area contributed by atoms with Crippen LogP contribution in [-0.4, -0.2) is 31.2 Å². The number of nitriles is 1. The van der Waals surface area contributed by atoms with E-state index in [1.165, 1.54) is 11.1 Å². The van der Waals surface area contributed by atoms with Crippen molar-refractivity contribution in [1.82, 2.24) is 10.3 Å². The van der Waals surface area contributed by atoms with Crippen molar-refractivity contribution >= 4 is 17.4 Å². The van der Waals surface area contributed by atoms with E-state index in [4.69, 9.17) is 16.9 Å². The van der Waals surface area contributed by atoms with Crippen LogP contribution in [0.4, 0.5) is 5.82 Å². The maximum atomic E-state index is 9.10. The highest BCUT2D eigenvalue weighted by Crippen LogP contribution is 2.35. The van der Waals surface area contributed by atoms with Gasteiger partial charge in [0.2, 0.25) is 0 Å². The number of aromatic nitrogens is 1. The Labute approximate surface area is 183 Å². The standard InChI is InChI=1S/C25H25ClN4/c1-30(25-12-7-19(14-27)15-29-25)24(13-18-5-3-2-4-6-18)23-17-28-16-22(23)20-8-10-21(26)11-9-20/h2-12,15,22-24,28H,13,16-17H2,1H3/t22-,23+,24?/m1/s1. The van der Waals surface area contributed by atoms with Crippen molar-refractivity contribution in [3.63, 3.8) is 0 Å². The van der Waals surface area contributed by atoms with Crippen LogP contribution in [-0.2, 0) is 6.42 Å². The molecule has 1 saturated heterocycles. The maximum absolute atomic E-state index is 9.10. The van der Waals surface area contributed by atoms with Crippen molar-refractivity contribution in [2.45, 2.75) is 18.4 Å². The fourth-order valence-electron chi connectivity index (χ4n) is 4.44. The van der Waals surface area contributed by atoms with Crippen LogP contribution < -0.4 is 10.2 Å². The molecule has 1 unspecified atom stereocenters. The third-order valence-electron chi connectivity index (χ3n) is 6.08. The SMILES string of the molecule is CN(c1ccc(C#N)cn1)C(Cc1ccccc1)[C@H]1CNC[C@@H]1c1ccc(Cl)cc1. The Bertz CT molecular complexity index is 996. The molecule has 1 aliphatic heterocycles. The summed E-state index contributed by atoms with van der Waals surface area (Å²) < 4.78 is 0. The average molecular weight is 417 g/mol. The predicted molar refractivity (Wildman–Crippen MR) is 122 cm³/mol. The zero-order chi connectivity index (χ0) is 20.9. The minimum Gasteiger partial charge on any atom is -0.356 e. The van der Waals surface area contributed by atoms with Gasteiger partial charge < -0.3 is 10.2 Å². The summed E-state index contributed by atoms with van der Waals surface area (Å²) in [4.78, 5) is 6.83. The van der Waals surface area contributed by atoms with Crippen molar-refractivity contribution in [2.75, 3.05) is 25.0 Å². The molecule has 1 aromatic heterocycles. The summed E-state index contributed by atoms with van der Waals surface area (Å²) in [7, 11) is 2.11. The summed E-state index contributed by atoms with van der Waals surface area (Å²) >= 11 is 6.12. The van der Waals surface area contributed by atoms with Crippen LogP contribution in [0.2, 0.25) is 5.02 Å². The predicted octanol–water partition coefficient (Wildman–Crippen LogP) is 4.66. The van der Waals surface area contributed by atoms with Gasteiger partial charge in [-0.1, -0.05) is 54.1 Å². The van der Waals surface area contributed by atoms with Gasteiger partial charge in [0.1, 0.15) is 11.9 Å². The Balaban J connectivity index is 1.66. The first-order valence-electron chi connectivity index (χ1n) is 10.2. The zero-order valence-electron chi connectivity index (χ0n) is 17.0. The molecule has 3 atom stereocenters. The second-order valence-corrected chi connectivity index (χ2v) is 8.30. The summed E-state index contributed by atoms with van der Waals surface area (Å²) in [6.45, 7) is 1.90. The van der Waals surface area contributed by atoms with Gasteiger partial charge in [-0.25, -0.2) is 4.98 Å². The molecule has 1 N–H and O–H groups in total. The monoisotopic (exact) mass is 416 g/mol. The van der Waals surface area contributed by atoms with E-state index in [-0.39, 0.29) is 6.04 Å². The lowest BCUT2D eigenvalue weighted by molar-refractivity contribution is 0.397. The second kappa shape index (κ2) is 9.30. The molecule has 30 heavy (non-hydrogen) atoms. The topological polar surface area (TPSA) is 52.0 Å². The number of hydrogen-bond acceptors (Lipinski definition) is 4. The van der Waals surface area contributed by atoms with Gasteiger partial charge >= 0.3 is 0 Å². The quantitative estimate of drug-likeness (QED) is 0.635. The van der Waals surface area contributed by atoms with Crippen LogP contribution >= 0.6 is 11.6 Å². The van der Waals surface area contributed by atoms with Crippen molar-refractivity contribution < 1.29 is 0 Å². The molecule has 2 aromatic carbocycles. The minimum atomic E-state index is 0.253. The Morgan fingerprint density at radius 2 is 1.87 bits per heavy atom. The number of halogens is 1. The molecule has 1 fully saturated rings. The summed E-state index contributed by atoms with van der Waals surface area (Å²) in [6.07, 6.45) is 2.57. The van der Waals surface area contributed by atoms with Gasteiger partial charge in [-0.05, 0) is 41.8 Å². The highest BCUT2D eigenvalue weighted by atomic mass is 35.5. The number of nitrogens with zero attached hydrogens (tertiary/aromatic N) is 3. The Morgan fingerprint density at radius 1 is 1.10 bits per heavy atom. The van der Waals surface area contributed by atoms with Gasteiger partial charge in [-0.2, -0.15) is 5.26 Å². The molecule has 2 heterocycles. The largest absolute Gasteiger partial charge is 0.356 e. The van der Waals surface area contributed by atoms with E-state index in [2.05, 4.69) is 70.8 Å². The van der Waals surface area contributed by atoms with Crippen LogP contribution in [0.25, 0.3) is 0 Å². The van der Waals surface area contributed by atoms with Crippen LogP contribution in [0.15, 0.2) is 72.9 Å². The molecule has 3 aromatic rings. The van der Waals surface area contributed by atoms with Crippen molar-refractivity contribution in [3.05, 3.63) is 94.6 Å². The van der Waals surface area contributed by atoms with E-state index in [9.17, 15) is 0 Å².